The first-order valence-electron chi connectivity index (χ1n) is 41.1. The van der Waals surface area contributed by atoms with E-state index in [4.69, 9.17) is 30.5 Å². The number of para-hydroxylation sites is 2. The van der Waals surface area contributed by atoms with Crippen LogP contribution in [-0.4, -0.2) is 113 Å². The van der Waals surface area contributed by atoms with Crippen molar-refractivity contribution in [3.63, 3.8) is 0 Å². The Balaban J connectivity index is 0.000000126. The molecule has 10 heterocycles. The van der Waals surface area contributed by atoms with Crippen LogP contribution in [0.3, 0.4) is 0 Å². The molecule has 5 N–H and O–H groups in total. The number of halogens is 1. The quantitative estimate of drug-likeness (QED) is 0.0475. The van der Waals surface area contributed by atoms with E-state index in [0.717, 1.165) is 176 Å². The molecule has 1 atom stereocenters. The molecule has 123 heavy (non-hydrogen) atoms. The van der Waals surface area contributed by atoms with Crippen molar-refractivity contribution in [2.45, 2.75) is 124 Å². The van der Waals surface area contributed by atoms with Crippen molar-refractivity contribution in [1.82, 2.24) is 47.3 Å². The number of rotatable bonds is 20. The number of hydrogen-bond acceptors (Lipinski definition) is 19. The Labute approximate surface area is 718 Å². The van der Waals surface area contributed by atoms with Crippen molar-refractivity contribution in [2.24, 2.45) is 0 Å². The lowest BCUT2D eigenvalue weighted by Crippen LogP contribution is -2.36. The molecule has 0 amide bonds. The first kappa shape index (κ1) is 86.2. The third kappa shape index (κ3) is 23.7. The summed E-state index contributed by atoms with van der Waals surface area (Å²) in [6.07, 6.45) is 7.66. The van der Waals surface area contributed by atoms with E-state index < -0.39 is 0 Å². The third-order valence-electron chi connectivity index (χ3n) is 22.4. The molecule has 5 aromatic heterocycles. The predicted octanol–water partition coefficient (Wildman–Crippen LogP) is 13.8. The first-order valence-corrected chi connectivity index (χ1v) is 41.5. The zero-order valence-electron chi connectivity index (χ0n) is 68.9. The number of hydrogen-bond donors (Lipinski definition) is 5. The summed E-state index contributed by atoms with van der Waals surface area (Å²) in [5.74, 6) is 2.56. The van der Waals surface area contributed by atoms with Gasteiger partial charge in [-0.25, -0.2) is 0 Å². The number of pyridine rings is 5. The molecule has 0 saturated heterocycles. The molecule has 13 aromatic rings. The van der Waals surface area contributed by atoms with Crippen LogP contribution in [0.2, 0.25) is 5.02 Å². The van der Waals surface area contributed by atoms with Gasteiger partial charge in [0.05, 0.1) is 38.1 Å². The molecule has 5 aliphatic heterocycles. The zero-order chi connectivity index (χ0) is 85.7. The normalized spacial score (nSPS) is 14.5. The molecule has 0 saturated carbocycles. The molecule has 8 aromatic carbocycles. The van der Waals surface area contributed by atoms with Crippen LogP contribution < -0.4 is 46.1 Å². The summed E-state index contributed by atoms with van der Waals surface area (Å²) < 4.78 is 32.9. The maximum Gasteiger partial charge on any atom is 0.223 e. The lowest BCUT2D eigenvalue weighted by Gasteiger charge is -2.34. The van der Waals surface area contributed by atoms with Crippen LogP contribution in [0.25, 0.3) is 0 Å². The smallest absolute Gasteiger partial charge is 0.223 e. The second-order valence-electron chi connectivity index (χ2n) is 31.1. The van der Waals surface area contributed by atoms with Gasteiger partial charge in [-0.1, -0.05) is 175 Å². The van der Waals surface area contributed by atoms with Crippen molar-refractivity contribution in [1.29, 1.82) is 0 Å². The van der Waals surface area contributed by atoms with Gasteiger partial charge >= 0.3 is 0 Å². The van der Waals surface area contributed by atoms with Crippen molar-refractivity contribution in [2.75, 3.05) is 39.8 Å². The van der Waals surface area contributed by atoms with E-state index in [1.165, 1.54) is 78.0 Å². The lowest BCUT2D eigenvalue weighted by atomic mass is 10.1. The van der Waals surface area contributed by atoms with E-state index in [0.29, 0.717) is 52.5 Å². The van der Waals surface area contributed by atoms with Crippen molar-refractivity contribution in [3.05, 3.63) is 403 Å². The fourth-order valence-corrected chi connectivity index (χ4v) is 15.7. The Morgan fingerprint density at radius 2 is 0.659 bits per heavy atom. The molecule has 634 valence electrons. The van der Waals surface area contributed by atoms with E-state index in [-0.39, 0.29) is 61.9 Å². The average Bonchev–Trinajstić information content (AvgIpc) is 0.815. The number of fused-ring (bicyclic) bond motifs is 5. The SMILES string of the molecule is CC(c1ccc(Cl)cc1)N1CCn2cc(O)c(=O)cc2C1.COc1ccccc1CN1CCn2cc(O)c(=O)cc2C1.O=c1cc2n(cc1O)CCN(Cc1ccc(OCc3ccccc3)cc1)C2.O=c1cc2n(cc1O)CCN(Cc1cccc(OCc3ccccc3)c1)C2.O=c1cc2n(cc1O)CCN(Cc1ccccc1OCc1ccccc1)C2. The molecule has 18 rings (SSSR count). The van der Waals surface area contributed by atoms with E-state index >= 15 is 0 Å². The number of nitrogens with zero attached hydrogens (tertiary/aromatic N) is 10. The molecular weight excluding hydrogens is 1580 g/mol. The van der Waals surface area contributed by atoms with Crippen molar-refractivity contribution < 1.29 is 44.5 Å². The Morgan fingerprint density at radius 3 is 1.08 bits per heavy atom. The first-order chi connectivity index (χ1) is 59.7. The van der Waals surface area contributed by atoms with Crippen molar-refractivity contribution >= 4 is 11.6 Å². The summed E-state index contributed by atoms with van der Waals surface area (Å²) >= 11 is 5.93. The molecule has 0 aliphatic carbocycles. The highest BCUT2D eigenvalue weighted by Crippen LogP contribution is 2.30. The second kappa shape index (κ2) is 41.4. The minimum absolute atomic E-state index is 0.182. The number of benzene rings is 8. The maximum atomic E-state index is 11.7. The minimum atomic E-state index is -0.324. The van der Waals surface area contributed by atoms with E-state index in [1.54, 1.807) is 7.11 Å². The Kier molecular flexibility index (Phi) is 29.0. The minimum Gasteiger partial charge on any atom is -0.503 e. The van der Waals surface area contributed by atoms with Crippen LogP contribution in [0.5, 0.6) is 51.7 Å². The lowest BCUT2D eigenvalue weighted by molar-refractivity contribution is 0.164. The van der Waals surface area contributed by atoms with Crippen LogP contribution >= 0.6 is 11.6 Å². The fourth-order valence-electron chi connectivity index (χ4n) is 15.6. The standard InChI is InChI=1S/3C22H22N2O3.C16H17ClN2O2.C16H18N2O3/c25-20-12-19-14-23(10-11-24(19)15-21(20)26)13-18-8-4-5-9-22(18)27-16-17-6-2-1-3-7-17;25-21-12-19-14-23(9-10-24(19)15-22(21)26)13-18-7-4-8-20(11-18)27-16-17-5-2-1-3-6-17;25-21-12-19-14-23(10-11-24(19)15-22(21)26)13-17-6-8-20(9-7-17)27-16-18-4-2-1-3-5-18;1-11(12-2-4-13(17)5-3-12)18-6-7-19-10-16(21)15(20)8-14(19)9-18;1-21-16-5-3-2-4-12(16)9-17-6-7-18-11-15(20)14(19)8-13(18)10-17/h1-9,12,15,26H,10-11,13-14,16H2;1-8,11-12,15,26H,9-10,13-14,16H2;1-9,12,15,26H,10-11,13-14,16H2;2-5,8,10-11,21H,6-7,9H2,1H3;2-5,8,11,20H,6-7,9-10H2,1H3. The van der Waals surface area contributed by atoms with Gasteiger partial charge in [-0.2, -0.15) is 0 Å². The number of aromatic hydroxyl groups is 5. The molecule has 0 radical (unpaired) electrons. The van der Waals surface area contributed by atoms with Gasteiger partial charge in [-0.3, -0.25) is 48.5 Å². The molecule has 24 nitrogen and oxygen atoms in total. The molecule has 5 aliphatic rings. The monoisotopic (exact) mass is 1680 g/mol. The summed E-state index contributed by atoms with van der Waals surface area (Å²) in [6, 6.07) is 78.4. The summed E-state index contributed by atoms with van der Waals surface area (Å²) in [7, 11) is 1.67. The van der Waals surface area contributed by atoms with Gasteiger partial charge in [0.1, 0.15) is 42.8 Å². The zero-order valence-corrected chi connectivity index (χ0v) is 69.6. The highest BCUT2D eigenvalue weighted by Gasteiger charge is 2.26. The van der Waals surface area contributed by atoms with E-state index in [2.05, 4.69) is 92.1 Å². The van der Waals surface area contributed by atoms with Gasteiger partial charge < -0.3 is 67.3 Å². The van der Waals surface area contributed by atoms with Crippen LogP contribution in [0.4, 0.5) is 0 Å². The topological polar surface area (TPSA) is 264 Å². The fraction of sp³-hybridized carbons (Fsp3) is 0.255. The summed E-state index contributed by atoms with van der Waals surface area (Å²) in [6.45, 7) is 18.5. The molecule has 0 bridgehead atoms. The van der Waals surface area contributed by atoms with Gasteiger partial charge in [0.25, 0.3) is 0 Å². The maximum absolute atomic E-state index is 11.7. The van der Waals surface area contributed by atoms with Gasteiger partial charge in [-0.05, 0) is 88.8 Å². The molecule has 0 fully saturated rings. The highest BCUT2D eigenvalue weighted by molar-refractivity contribution is 6.30. The Morgan fingerprint density at radius 1 is 0.317 bits per heavy atom. The molecular formula is C98H101ClN10O14. The van der Waals surface area contributed by atoms with Crippen LogP contribution in [-0.2, 0) is 111 Å². The van der Waals surface area contributed by atoms with E-state index in [1.807, 2.05) is 174 Å². The largest absolute Gasteiger partial charge is 0.503 e. The number of ether oxygens (including phenoxy) is 4. The molecule has 25 heteroatoms. The summed E-state index contributed by atoms with van der Waals surface area (Å²) in [5.41, 5.74) is 12.3. The highest BCUT2D eigenvalue weighted by atomic mass is 35.5. The second-order valence-corrected chi connectivity index (χ2v) is 31.5. The average molecular weight is 1680 g/mol. The Bertz CT molecular complexity index is 6050. The predicted molar refractivity (Wildman–Crippen MR) is 473 cm³/mol. The van der Waals surface area contributed by atoms with Gasteiger partial charge in [0.2, 0.25) is 27.1 Å². The summed E-state index contributed by atoms with van der Waals surface area (Å²) in [4.78, 5) is 69.7. The molecule has 1 unspecified atom stereocenters. The Hall–Kier alpha value is -13.2. The van der Waals surface area contributed by atoms with Crippen LogP contribution in [0, 0.1) is 0 Å². The van der Waals surface area contributed by atoms with Crippen LogP contribution in [0.15, 0.2) is 298 Å². The van der Waals surface area contributed by atoms with Gasteiger partial charge in [-0.15, -0.1) is 0 Å². The number of aromatic nitrogens is 5. The van der Waals surface area contributed by atoms with Gasteiger partial charge in [0, 0.05) is 205 Å². The van der Waals surface area contributed by atoms with Crippen LogP contribution in [0.1, 0.15) is 85.9 Å². The van der Waals surface area contributed by atoms with Gasteiger partial charge in [0.15, 0.2) is 28.7 Å². The molecule has 0 spiro atoms. The van der Waals surface area contributed by atoms with E-state index in [9.17, 15) is 49.5 Å². The van der Waals surface area contributed by atoms with Crippen molar-refractivity contribution in [3.8, 4) is 51.7 Å². The number of methoxy groups -OCH3 is 1. The summed E-state index contributed by atoms with van der Waals surface area (Å²) in [5, 5.41) is 48.5. The third-order valence-corrected chi connectivity index (χ3v) is 22.6.